The largest absolute Gasteiger partial charge is 0.461 e. The number of hydrogen-bond donors (Lipinski definition) is 0. The van der Waals surface area contributed by atoms with Crippen molar-refractivity contribution in [1.29, 1.82) is 0 Å². The van der Waals surface area contributed by atoms with Gasteiger partial charge in [0.1, 0.15) is 11.5 Å². The lowest BCUT2D eigenvalue weighted by Crippen LogP contribution is -2.24. The summed E-state index contributed by atoms with van der Waals surface area (Å²) in [6.07, 6.45) is -5.59. The van der Waals surface area contributed by atoms with E-state index in [2.05, 4.69) is 0 Å². The van der Waals surface area contributed by atoms with Crippen molar-refractivity contribution in [3.8, 4) is 11.3 Å². The topological polar surface area (TPSA) is 30.2 Å². The molecule has 1 aromatic carbocycles. The predicted octanol–water partition coefficient (Wildman–Crippen LogP) is 3.93. The highest BCUT2D eigenvalue weighted by atomic mass is 19.4. The fraction of sp³-hybridized carbons (Fsp3) is 0.214. The van der Waals surface area contributed by atoms with Crippen LogP contribution < -0.4 is 0 Å². The summed E-state index contributed by atoms with van der Waals surface area (Å²) in [6.45, 7) is 1.93. The normalized spacial score (nSPS) is 11.6. The van der Waals surface area contributed by atoms with Gasteiger partial charge >= 0.3 is 6.18 Å². The number of hydrogen-bond acceptors (Lipinski definition) is 2. The number of benzene rings is 1. The Morgan fingerprint density at radius 2 is 1.74 bits per heavy atom. The number of carbonyl (C=O) groups excluding carboxylic acids is 1. The number of carbonyl (C=O) groups is 1. The lowest BCUT2D eigenvalue weighted by molar-refractivity contribution is -0.170. The van der Waals surface area contributed by atoms with Gasteiger partial charge in [0.25, 0.3) is 0 Å². The van der Waals surface area contributed by atoms with Crippen LogP contribution in [0.5, 0.6) is 0 Å². The predicted molar refractivity (Wildman–Crippen MR) is 63.6 cm³/mol. The SMILES string of the molecule is Cc1ccc(-c2ccc(CC(=O)C(F)(F)F)o2)cc1. The lowest BCUT2D eigenvalue weighted by Gasteiger charge is -2.02. The lowest BCUT2D eigenvalue weighted by atomic mass is 10.1. The molecule has 2 nitrogen and oxygen atoms in total. The van der Waals surface area contributed by atoms with Gasteiger partial charge in [-0.05, 0) is 19.1 Å². The van der Waals surface area contributed by atoms with E-state index in [4.69, 9.17) is 4.42 Å². The Morgan fingerprint density at radius 3 is 2.32 bits per heavy atom. The highest BCUT2D eigenvalue weighted by Crippen LogP contribution is 2.25. The molecular weight excluding hydrogens is 257 g/mol. The number of Topliss-reactive ketones (excluding diaryl/α,β-unsaturated/α-hetero) is 1. The number of furan rings is 1. The molecule has 0 atom stereocenters. The van der Waals surface area contributed by atoms with Gasteiger partial charge in [-0.1, -0.05) is 29.8 Å². The minimum Gasteiger partial charge on any atom is -0.461 e. The highest BCUT2D eigenvalue weighted by Gasteiger charge is 2.38. The van der Waals surface area contributed by atoms with E-state index in [0.717, 1.165) is 11.1 Å². The molecule has 0 N–H and O–H groups in total. The summed E-state index contributed by atoms with van der Waals surface area (Å²) in [5.74, 6) is -1.35. The Labute approximate surface area is 107 Å². The van der Waals surface area contributed by atoms with Crippen LogP contribution in [0.2, 0.25) is 0 Å². The first-order valence-corrected chi connectivity index (χ1v) is 5.62. The van der Waals surface area contributed by atoms with Gasteiger partial charge in [-0.2, -0.15) is 13.2 Å². The van der Waals surface area contributed by atoms with Crippen LogP contribution in [0.25, 0.3) is 11.3 Å². The second-order valence-electron chi connectivity index (χ2n) is 4.23. The Balaban J connectivity index is 2.16. The van der Waals surface area contributed by atoms with Crippen molar-refractivity contribution >= 4 is 5.78 Å². The van der Waals surface area contributed by atoms with Crippen LogP contribution in [-0.4, -0.2) is 12.0 Å². The van der Waals surface area contributed by atoms with Gasteiger partial charge in [0.05, 0.1) is 6.42 Å². The fourth-order valence-corrected chi connectivity index (χ4v) is 1.60. The molecule has 2 aromatic rings. The first-order valence-electron chi connectivity index (χ1n) is 5.62. The molecule has 100 valence electrons. The van der Waals surface area contributed by atoms with Gasteiger partial charge in [0.15, 0.2) is 0 Å². The van der Waals surface area contributed by atoms with Crippen molar-refractivity contribution in [2.24, 2.45) is 0 Å². The molecule has 0 bridgehead atoms. The fourth-order valence-electron chi connectivity index (χ4n) is 1.60. The smallest absolute Gasteiger partial charge is 0.450 e. The average molecular weight is 268 g/mol. The number of ketones is 1. The molecular formula is C14H11F3O2. The molecule has 0 saturated heterocycles. The quantitative estimate of drug-likeness (QED) is 0.844. The van der Waals surface area contributed by atoms with Crippen LogP contribution in [0.15, 0.2) is 40.8 Å². The molecule has 0 radical (unpaired) electrons. The van der Waals surface area contributed by atoms with E-state index in [-0.39, 0.29) is 5.76 Å². The maximum absolute atomic E-state index is 12.1. The van der Waals surface area contributed by atoms with Crippen LogP contribution in [0.4, 0.5) is 13.2 Å². The van der Waals surface area contributed by atoms with Gasteiger partial charge in [-0.3, -0.25) is 4.79 Å². The molecule has 1 heterocycles. The molecule has 0 spiro atoms. The van der Waals surface area contributed by atoms with Crippen molar-refractivity contribution in [2.45, 2.75) is 19.5 Å². The monoisotopic (exact) mass is 268 g/mol. The molecule has 19 heavy (non-hydrogen) atoms. The Hall–Kier alpha value is -2.04. The third-order valence-corrected chi connectivity index (χ3v) is 2.65. The maximum atomic E-state index is 12.1. The Kier molecular flexibility index (Phi) is 3.46. The zero-order valence-corrected chi connectivity index (χ0v) is 10.1. The van der Waals surface area contributed by atoms with Crippen molar-refractivity contribution in [3.63, 3.8) is 0 Å². The minimum atomic E-state index is -4.82. The van der Waals surface area contributed by atoms with Gasteiger partial charge in [0.2, 0.25) is 5.78 Å². The van der Waals surface area contributed by atoms with Crippen molar-refractivity contribution in [3.05, 3.63) is 47.7 Å². The standard InChI is InChI=1S/C14H11F3O2/c1-9-2-4-10(5-3-9)12-7-6-11(19-12)8-13(18)14(15,16)17/h2-7H,8H2,1H3. The second-order valence-corrected chi connectivity index (χ2v) is 4.23. The van der Waals surface area contributed by atoms with Crippen molar-refractivity contribution < 1.29 is 22.4 Å². The second kappa shape index (κ2) is 4.91. The number of rotatable bonds is 3. The molecule has 0 aliphatic heterocycles. The highest BCUT2D eigenvalue weighted by molar-refractivity contribution is 5.85. The molecule has 0 aliphatic rings. The summed E-state index contributed by atoms with van der Waals surface area (Å²) < 4.78 is 41.6. The Bertz CT molecular complexity index is 579. The summed E-state index contributed by atoms with van der Waals surface area (Å²) in [5, 5.41) is 0. The molecule has 0 amide bonds. The van der Waals surface area contributed by atoms with Crippen LogP contribution >= 0.6 is 0 Å². The zero-order chi connectivity index (χ0) is 14.0. The van der Waals surface area contributed by atoms with Crippen molar-refractivity contribution in [2.75, 3.05) is 0 Å². The molecule has 1 aromatic heterocycles. The summed E-state index contributed by atoms with van der Waals surface area (Å²) in [4.78, 5) is 10.8. The van der Waals surface area contributed by atoms with Gasteiger partial charge < -0.3 is 4.42 Å². The summed E-state index contributed by atoms with van der Waals surface area (Å²) in [7, 11) is 0. The van der Waals surface area contributed by atoms with Gasteiger partial charge in [-0.15, -0.1) is 0 Å². The maximum Gasteiger partial charge on any atom is 0.450 e. The third-order valence-electron chi connectivity index (χ3n) is 2.65. The van der Waals surface area contributed by atoms with E-state index in [9.17, 15) is 18.0 Å². The first-order chi connectivity index (χ1) is 8.86. The Morgan fingerprint density at radius 1 is 1.11 bits per heavy atom. The van der Waals surface area contributed by atoms with E-state index < -0.39 is 18.4 Å². The minimum absolute atomic E-state index is 0.0119. The van der Waals surface area contributed by atoms with E-state index in [1.165, 1.54) is 6.07 Å². The molecule has 0 saturated carbocycles. The summed E-state index contributed by atoms with van der Waals surface area (Å²) in [6, 6.07) is 10.3. The van der Waals surface area contributed by atoms with Gasteiger partial charge in [0, 0.05) is 5.56 Å². The molecule has 0 aliphatic carbocycles. The molecule has 2 rings (SSSR count). The molecule has 0 unspecified atom stereocenters. The van der Waals surface area contributed by atoms with E-state index in [0.29, 0.717) is 5.76 Å². The first kappa shape index (κ1) is 13.4. The van der Waals surface area contributed by atoms with E-state index >= 15 is 0 Å². The van der Waals surface area contributed by atoms with E-state index in [1.54, 1.807) is 6.07 Å². The molecule has 5 heteroatoms. The van der Waals surface area contributed by atoms with Crippen LogP contribution in [-0.2, 0) is 11.2 Å². The van der Waals surface area contributed by atoms with Crippen LogP contribution in [0.1, 0.15) is 11.3 Å². The zero-order valence-electron chi connectivity index (χ0n) is 10.1. The molecule has 0 fully saturated rings. The van der Waals surface area contributed by atoms with Crippen molar-refractivity contribution in [1.82, 2.24) is 0 Å². The average Bonchev–Trinajstić information content (AvgIpc) is 2.77. The van der Waals surface area contributed by atoms with Gasteiger partial charge in [-0.25, -0.2) is 0 Å². The van der Waals surface area contributed by atoms with E-state index in [1.807, 2.05) is 31.2 Å². The number of halogens is 3. The van der Waals surface area contributed by atoms with Crippen LogP contribution in [0.3, 0.4) is 0 Å². The number of alkyl halides is 3. The summed E-state index contributed by atoms with van der Waals surface area (Å²) >= 11 is 0. The summed E-state index contributed by atoms with van der Waals surface area (Å²) in [5.41, 5.74) is 1.83. The van der Waals surface area contributed by atoms with Crippen LogP contribution in [0, 0.1) is 6.92 Å². The number of aryl methyl sites for hydroxylation is 1. The third kappa shape index (κ3) is 3.24.